The van der Waals surface area contributed by atoms with Gasteiger partial charge in [0.15, 0.2) is 0 Å². The van der Waals surface area contributed by atoms with Gasteiger partial charge in [0.05, 0.1) is 15.6 Å². The topological polar surface area (TPSA) is 55.2 Å². The molecule has 1 fully saturated rings. The van der Waals surface area contributed by atoms with Gasteiger partial charge in [-0.2, -0.15) is 11.8 Å². The van der Waals surface area contributed by atoms with E-state index in [1.807, 2.05) is 11.8 Å². The van der Waals surface area contributed by atoms with E-state index in [-0.39, 0.29) is 5.69 Å². The molecule has 6 heteroatoms. The van der Waals surface area contributed by atoms with Crippen molar-refractivity contribution < 1.29 is 4.92 Å². The minimum atomic E-state index is -0.406. The van der Waals surface area contributed by atoms with Crippen molar-refractivity contribution in [2.24, 2.45) is 0 Å². The SMILES string of the molecule is O=[N+]([O-])c1ccc(Cl)c(NC2CCCSC2)c1. The van der Waals surface area contributed by atoms with Gasteiger partial charge in [-0.1, -0.05) is 11.6 Å². The molecule has 1 saturated heterocycles. The van der Waals surface area contributed by atoms with Crippen LogP contribution in [0, 0.1) is 10.1 Å². The van der Waals surface area contributed by atoms with E-state index in [0.29, 0.717) is 16.8 Å². The number of anilines is 1. The molecule has 0 amide bonds. The highest BCUT2D eigenvalue weighted by Crippen LogP contribution is 2.29. The Morgan fingerprint density at radius 3 is 3.00 bits per heavy atom. The average Bonchev–Trinajstić information content (AvgIpc) is 2.33. The number of hydrogen-bond acceptors (Lipinski definition) is 4. The zero-order chi connectivity index (χ0) is 12.3. The number of benzene rings is 1. The Labute approximate surface area is 109 Å². The van der Waals surface area contributed by atoms with Gasteiger partial charge in [0, 0.05) is 23.9 Å². The minimum Gasteiger partial charge on any atom is -0.380 e. The highest BCUT2D eigenvalue weighted by Gasteiger charge is 2.16. The average molecular weight is 273 g/mol. The van der Waals surface area contributed by atoms with E-state index in [1.54, 1.807) is 6.07 Å². The van der Waals surface area contributed by atoms with Crippen LogP contribution in [0.1, 0.15) is 12.8 Å². The minimum absolute atomic E-state index is 0.0698. The highest BCUT2D eigenvalue weighted by molar-refractivity contribution is 7.99. The van der Waals surface area contributed by atoms with Crippen molar-refractivity contribution in [2.75, 3.05) is 16.8 Å². The third kappa shape index (κ3) is 3.26. The smallest absolute Gasteiger partial charge is 0.271 e. The summed E-state index contributed by atoms with van der Waals surface area (Å²) in [6.07, 6.45) is 2.26. The quantitative estimate of drug-likeness (QED) is 0.675. The number of rotatable bonds is 3. The Kier molecular flexibility index (Phi) is 4.12. The van der Waals surface area contributed by atoms with Crippen LogP contribution in [0.4, 0.5) is 11.4 Å². The van der Waals surface area contributed by atoms with E-state index in [2.05, 4.69) is 5.32 Å². The molecule has 1 aromatic carbocycles. The third-order valence-electron chi connectivity index (χ3n) is 2.68. The maximum absolute atomic E-state index is 10.7. The second-order valence-electron chi connectivity index (χ2n) is 3.98. The fraction of sp³-hybridized carbons (Fsp3) is 0.455. The van der Waals surface area contributed by atoms with Crippen LogP contribution >= 0.6 is 23.4 Å². The van der Waals surface area contributed by atoms with Gasteiger partial charge in [0.25, 0.3) is 5.69 Å². The lowest BCUT2D eigenvalue weighted by molar-refractivity contribution is -0.384. The lowest BCUT2D eigenvalue weighted by atomic mass is 10.1. The van der Waals surface area contributed by atoms with Gasteiger partial charge in [0.1, 0.15) is 0 Å². The first-order valence-electron chi connectivity index (χ1n) is 5.45. The summed E-state index contributed by atoms with van der Waals surface area (Å²) in [5, 5.41) is 14.5. The number of halogens is 1. The Balaban J connectivity index is 2.13. The summed E-state index contributed by atoms with van der Waals surface area (Å²) in [5.74, 6) is 2.22. The van der Waals surface area contributed by atoms with E-state index in [1.165, 1.54) is 24.3 Å². The third-order valence-corrected chi connectivity index (χ3v) is 4.23. The molecule has 0 saturated carbocycles. The second kappa shape index (κ2) is 5.60. The maximum atomic E-state index is 10.7. The standard InChI is InChI=1S/C11H13ClN2O2S/c12-10-4-3-9(14(15)16)6-11(10)13-8-2-1-5-17-7-8/h3-4,6,8,13H,1-2,5,7H2. The summed E-state index contributed by atoms with van der Waals surface area (Å²) in [5.41, 5.74) is 0.730. The zero-order valence-corrected chi connectivity index (χ0v) is 10.8. The summed E-state index contributed by atoms with van der Waals surface area (Å²) in [7, 11) is 0. The van der Waals surface area contributed by atoms with Gasteiger partial charge in [-0.25, -0.2) is 0 Å². The number of nitrogens with zero attached hydrogens (tertiary/aromatic N) is 1. The monoisotopic (exact) mass is 272 g/mol. The predicted octanol–water partition coefficient (Wildman–Crippen LogP) is 3.56. The molecule has 92 valence electrons. The predicted molar refractivity (Wildman–Crippen MR) is 72.1 cm³/mol. The van der Waals surface area contributed by atoms with Crippen LogP contribution in [0.3, 0.4) is 0 Å². The van der Waals surface area contributed by atoms with Crippen LogP contribution in [0.5, 0.6) is 0 Å². The van der Waals surface area contributed by atoms with E-state index < -0.39 is 4.92 Å². The summed E-state index contributed by atoms with van der Waals surface area (Å²) >= 11 is 7.93. The van der Waals surface area contributed by atoms with Gasteiger partial charge >= 0.3 is 0 Å². The second-order valence-corrected chi connectivity index (χ2v) is 5.54. The molecule has 1 atom stereocenters. The maximum Gasteiger partial charge on any atom is 0.271 e. The lowest BCUT2D eigenvalue weighted by Crippen LogP contribution is -2.25. The Morgan fingerprint density at radius 1 is 1.53 bits per heavy atom. The van der Waals surface area contributed by atoms with E-state index in [9.17, 15) is 10.1 Å². The molecule has 2 rings (SSSR count). The Bertz CT molecular complexity index is 422. The van der Waals surface area contributed by atoms with Gasteiger partial charge in [-0.05, 0) is 24.7 Å². The van der Waals surface area contributed by atoms with E-state index in [0.717, 1.165) is 12.2 Å². The molecule has 0 aromatic heterocycles. The fourth-order valence-corrected chi connectivity index (χ4v) is 3.06. The van der Waals surface area contributed by atoms with Crippen molar-refractivity contribution in [3.05, 3.63) is 33.3 Å². The van der Waals surface area contributed by atoms with Crippen molar-refractivity contribution in [2.45, 2.75) is 18.9 Å². The number of thioether (sulfide) groups is 1. The van der Waals surface area contributed by atoms with Crippen LogP contribution in [0.2, 0.25) is 5.02 Å². The summed E-state index contributed by atoms with van der Waals surface area (Å²) in [6, 6.07) is 4.84. The molecule has 4 nitrogen and oxygen atoms in total. The molecule has 1 unspecified atom stereocenters. The van der Waals surface area contributed by atoms with Crippen molar-refractivity contribution in [3.63, 3.8) is 0 Å². The number of nitro groups is 1. The zero-order valence-electron chi connectivity index (χ0n) is 9.19. The van der Waals surface area contributed by atoms with Crippen LogP contribution in [-0.4, -0.2) is 22.5 Å². The van der Waals surface area contributed by atoms with Crippen molar-refractivity contribution in [3.8, 4) is 0 Å². The molecular formula is C11H13ClN2O2S. The number of hydrogen-bond donors (Lipinski definition) is 1. The van der Waals surface area contributed by atoms with Crippen LogP contribution in [-0.2, 0) is 0 Å². The van der Waals surface area contributed by atoms with Crippen molar-refractivity contribution >= 4 is 34.7 Å². The molecule has 1 N–H and O–H groups in total. The van der Waals surface area contributed by atoms with E-state index in [4.69, 9.17) is 11.6 Å². The molecule has 1 aliphatic heterocycles. The van der Waals surface area contributed by atoms with Crippen LogP contribution < -0.4 is 5.32 Å². The largest absolute Gasteiger partial charge is 0.380 e. The summed E-state index contributed by atoms with van der Waals surface area (Å²) in [4.78, 5) is 10.3. The molecule has 0 spiro atoms. The van der Waals surface area contributed by atoms with Gasteiger partial charge in [-0.15, -0.1) is 0 Å². The molecule has 0 radical (unpaired) electrons. The van der Waals surface area contributed by atoms with Gasteiger partial charge < -0.3 is 5.32 Å². The van der Waals surface area contributed by atoms with Gasteiger partial charge in [-0.3, -0.25) is 10.1 Å². The fourth-order valence-electron chi connectivity index (χ4n) is 1.81. The molecule has 0 aliphatic carbocycles. The van der Waals surface area contributed by atoms with E-state index >= 15 is 0 Å². The first kappa shape index (κ1) is 12.5. The molecule has 0 bridgehead atoms. The van der Waals surface area contributed by atoms with Gasteiger partial charge in [0.2, 0.25) is 0 Å². The lowest BCUT2D eigenvalue weighted by Gasteiger charge is -2.23. The molecule has 1 aliphatic rings. The summed E-state index contributed by atoms with van der Waals surface area (Å²) in [6.45, 7) is 0. The molecular weight excluding hydrogens is 260 g/mol. The van der Waals surface area contributed by atoms with Crippen LogP contribution in [0.25, 0.3) is 0 Å². The first-order chi connectivity index (χ1) is 8.16. The normalized spacial score (nSPS) is 19.9. The first-order valence-corrected chi connectivity index (χ1v) is 6.98. The number of non-ortho nitro benzene ring substituents is 1. The number of nitrogens with one attached hydrogen (secondary N) is 1. The Morgan fingerprint density at radius 2 is 2.35 bits per heavy atom. The van der Waals surface area contributed by atoms with Crippen LogP contribution in [0.15, 0.2) is 18.2 Å². The molecule has 1 heterocycles. The van der Waals surface area contributed by atoms with Crippen molar-refractivity contribution in [1.82, 2.24) is 0 Å². The Hall–Kier alpha value is -0.940. The highest BCUT2D eigenvalue weighted by atomic mass is 35.5. The molecule has 17 heavy (non-hydrogen) atoms. The summed E-state index contributed by atoms with van der Waals surface area (Å²) < 4.78 is 0. The molecule has 1 aromatic rings. The number of nitro benzene ring substituents is 1. The van der Waals surface area contributed by atoms with Crippen molar-refractivity contribution in [1.29, 1.82) is 0 Å².